The molecule has 0 saturated carbocycles. The third-order valence-electron chi connectivity index (χ3n) is 10.6. The maximum Gasteiger partial charge on any atom is 0.417 e. The molecule has 0 aliphatic carbocycles. The van der Waals surface area contributed by atoms with Gasteiger partial charge >= 0.3 is 12.2 Å². The molecule has 3 aliphatic rings. The SMILES string of the molecule is Cc1ccn(C(=O)C2CCCN(c3nc(OC[C@@]45CCCN4C[C@H](F)C5)nc4c(F)c(-c5c(C#N)c(N)cc(C)c5C(F)(F)F)c(Cl)cc34)CC2)n1. The maximum atomic E-state index is 17.1. The van der Waals surface area contributed by atoms with Crippen LogP contribution in [0, 0.1) is 36.9 Å². The van der Waals surface area contributed by atoms with E-state index in [1.807, 2.05) is 9.80 Å². The van der Waals surface area contributed by atoms with Gasteiger partial charge in [-0.1, -0.05) is 11.6 Å². The average molecular weight is 743 g/mol. The number of benzene rings is 2. The van der Waals surface area contributed by atoms with Crippen LogP contribution in [0.15, 0.2) is 24.4 Å². The summed E-state index contributed by atoms with van der Waals surface area (Å²) in [6.07, 6.45) is -1.09. The first-order valence-electron chi connectivity index (χ1n) is 17.1. The van der Waals surface area contributed by atoms with Crippen LogP contribution in [0.5, 0.6) is 6.01 Å². The van der Waals surface area contributed by atoms with Crippen LogP contribution in [-0.2, 0) is 6.18 Å². The van der Waals surface area contributed by atoms with E-state index in [0.29, 0.717) is 51.0 Å². The molecule has 2 N–H and O–H groups in total. The first-order valence-corrected chi connectivity index (χ1v) is 17.5. The number of anilines is 2. The molecule has 2 aromatic heterocycles. The molecule has 3 aliphatic heterocycles. The molecular weight excluding hydrogens is 707 g/mol. The Labute approximate surface area is 301 Å². The standard InChI is InChI=1S/C36H36ClF5N8O2/c1-19-13-26(44)24(16-43)27(29(19)36(40,41)42)28-25(37)14-23-31(30(28)39)45-34(52-18-35-8-4-10-49(35)17-22(38)15-35)46-32(23)48-9-3-5-21(7-11-48)33(51)50-12-6-20(2)47-50/h6,12-14,21-22H,3-5,7-11,15,17-18,44H2,1-2H3/t21?,22-,35+/m1/s1. The quantitative estimate of drug-likeness (QED) is 0.160. The highest BCUT2D eigenvalue weighted by molar-refractivity contribution is 6.34. The first kappa shape index (κ1) is 35.8. The molecule has 10 nitrogen and oxygen atoms in total. The number of nitriles is 1. The normalized spacial score (nSPS) is 22.4. The number of halogens is 6. The number of hydrogen-bond donors (Lipinski definition) is 1. The van der Waals surface area contributed by atoms with Crippen molar-refractivity contribution in [3.63, 3.8) is 0 Å². The molecule has 7 rings (SSSR count). The van der Waals surface area contributed by atoms with Crippen LogP contribution in [0.3, 0.4) is 0 Å². The summed E-state index contributed by atoms with van der Waals surface area (Å²) in [5.41, 5.74) is 1.86. The van der Waals surface area contributed by atoms with E-state index < -0.39 is 51.0 Å². The summed E-state index contributed by atoms with van der Waals surface area (Å²) in [6, 6.07) is 5.51. The Balaban J connectivity index is 1.35. The molecular formula is C36H36ClF5N8O2. The number of carbonyl (C=O) groups is 1. The average Bonchev–Trinajstić information content (AvgIpc) is 3.70. The second kappa shape index (κ2) is 13.5. The Hall–Kier alpha value is -4.55. The predicted octanol–water partition coefficient (Wildman–Crippen LogP) is 7.28. The minimum Gasteiger partial charge on any atom is -0.461 e. The van der Waals surface area contributed by atoms with Crippen molar-refractivity contribution >= 4 is 39.9 Å². The third kappa shape index (κ3) is 6.29. The van der Waals surface area contributed by atoms with Crippen LogP contribution < -0.4 is 15.4 Å². The molecule has 0 amide bonds. The fourth-order valence-electron chi connectivity index (χ4n) is 8.20. The summed E-state index contributed by atoms with van der Waals surface area (Å²) >= 11 is 6.68. The van der Waals surface area contributed by atoms with Gasteiger partial charge in [0, 0.05) is 54.7 Å². The number of nitrogens with two attached hydrogens (primary N) is 1. The second-order valence-corrected chi connectivity index (χ2v) is 14.4. The Morgan fingerprint density at radius 3 is 2.65 bits per heavy atom. The molecule has 52 heavy (non-hydrogen) atoms. The number of nitrogens with zero attached hydrogens (tertiary/aromatic N) is 7. The summed E-state index contributed by atoms with van der Waals surface area (Å²) in [4.78, 5) is 26.3. The number of aromatic nitrogens is 4. The zero-order chi connectivity index (χ0) is 37.1. The highest BCUT2D eigenvalue weighted by atomic mass is 35.5. The summed E-state index contributed by atoms with van der Waals surface area (Å²) < 4.78 is 82.8. The lowest BCUT2D eigenvalue weighted by molar-refractivity contribution is -0.137. The zero-order valence-electron chi connectivity index (χ0n) is 28.5. The highest BCUT2D eigenvalue weighted by Crippen LogP contribution is 2.48. The molecule has 4 aromatic rings. The van der Waals surface area contributed by atoms with Gasteiger partial charge in [0.2, 0.25) is 5.91 Å². The summed E-state index contributed by atoms with van der Waals surface area (Å²) in [6.45, 7) is 4.68. The van der Waals surface area contributed by atoms with Crippen LogP contribution in [0.4, 0.5) is 33.5 Å². The van der Waals surface area contributed by atoms with Gasteiger partial charge in [0.15, 0.2) is 5.82 Å². The molecule has 0 bridgehead atoms. The summed E-state index contributed by atoms with van der Waals surface area (Å²) in [5.74, 6) is -1.52. The minimum absolute atomic E-state index is 0.0194. The first-order chi connectivity index (χ1) is 24.7. The zero-order valence-corrected chi connectivity index (χ0v) is 29.3. The monoisotopic (exact) mass is 742 g/mol. The van der Waals surface area contributed by atoms with Crippen LogP contribution in [0.2, 0.25) is 5.02 Å². The van der Waals surface area contributed by atoms with E-state index in [1.54, 1.807) is 25.3 Å². The molecule has 3 fully saturated rings. The molecule has 3 saturated heterocycles. The van der Waals surface area contributed by atoms with Gasteiger partial charge in [-0.3, -0.25) is 9.69 Å². The van der Waals surface area contributed by atoms with Crippen molar-refractivity contribution in [2.24, 2.45) is 5.92 Å². The van der Waals surface area contributed by atoms with Gasteiger partial charge in [-0.05, 0) is 76.3 Å². The highest BCUT2D eigenvalue weighted by Gasteiger charge is 2.49. The van der Waals surface area contributed by atoms with E-state index in [0.717, 1.165) is 12.5 Å². The lowest BCUT2D eigenvalue weighted by Gasteiger charge is -2.31. The molecule has 3 atom stereocenters. The number of alkyl halides is 4. The minimum atomic E-state index is -4.99. The van der Waals surface area contributed by atoms with E-state index in [1.165, 1.54) is 17.7 Å². The van der Waals surface area contributed by atoms with Crippen molar-refractivity contribution in [2.75, 3.05) is 43.4 Å². The lowest BCUT2D eigenvalue weighted by Crippen LogP contribution is -2.43. The van der Waals surface area contributed by atoms with Gasteiger partial charge in [-0.2, -0.15) is 33.5 Å². The van der Waals surface area contributed by atoms with Gasteiger partial charge in [-0.25, -0.2) is 13.5 Å². The fraction of sp³-hybridized carbons (Fsp3) is 0.472. The summed E-state index contributed by atoms with van der Waals surface area (Å²) in [7, 11) is 0. The molecule has 0 spiro atoms. The topological polar surface area (TPSA) is 126 Å². The van der Waals surface area contributed by atoms with Crippen molar-refractivity contribution in [3.05, 3.63) is 57.6 Å². The van der Waals surface area contributed by atoms with Crippen molar-refractivity contribution in [1.82, 2.24) is 24.6 Å². The van der Waals surface area contributed by atoms with Gasteiger partial charge in [0.25, 0.3) is 0 Å². The fourth-order valence-corrected chi connectivity index (χ4v) is 8.49. The van der Waals surface area contributed by atoms with Crippen LogP contribution >= 0.6 is 11.6 Å². The van der Waals surface area contributed by atoms with E-state index in [-0.39, 0.29) is 65.4 Å². The number of rotatable bonds is 6. The maximum absolute atomic E-state index is 17.1. The number of carbonyl (C=O) groups excluding carboxylic acids is 1. The van der Waals surface area contributed by atoms with Gasteiger partial charge < -0.3 is 15.4 Å². The molecule has 0 radical (unpaired) electrons. The van der Waals surface area contributed by atoms with Crippen molar-refractivity contribution < 1.29 is 31.5 Å². The summed E-state index contributed by atoms with van der Waals surface area (Å²) in [5, 5.41) is 13.9. The Kier molecular flexibility index (Phi) is 9.27. The molecule has 16 heteroatoms. The Morgan fingerprint density at radius 1 is 1.15 bits per heavy atom. The largest absolute Gasteiger partial charge is 0.461 e. The lowest BCUT2D eigenvalue weighted by atomic mass is 9.89. The molecule has 274 valence electrons. The van der Waals surface area contributed by atoms with Crippen LogP contribution in [-0.4, -0.2) is 75.1 Å². The van der Waals surface area contributed by atoms with Crippen LogP contribution in [0.25, 0.3) is 22.0 Å². The Morgan fingerprint density at radius 2 is 1.94 bits per heavy atom. The molecule has 1 unspecified atom stereocenters. The van der Waals surface area contributed by atoms with Crippen molar-refractivity contribution in [2.45, 2.75) is 70.3 Å². The van der Waals surface area contributed by atoms with Crippen LogP contribution in [0.1, 0.15) is 65.7 Å². The van der Waals surface area contributed by atoms with E-state index in [2.05, 4.69) is 10.1 Å². The second-order valence-electron chi connectivity index (χ2n) is 14.0. The number of fused-ring (bicyclic) bond motifs is 2. The van der Waals surface area contributed by atoms with Gasteiger partial charge in [0.05, 0.1) is 33.1 Å². The molecule has 2 aromatic carbocycles. The number of ether oxygens (including phenoxy) is 1. The van der Waals surface area contributed by atoms with E-state index in [9.17, 15) is 27.6 Å². The number of nitrogen functional groups attached to an aromatic ring is 1. The van der Waals surface area contributed by atoms with E-state index in [4.69, 9.17) is 27.1 Å². The Bertz CT molecular complexity index is 2120. The van der Waals surface area contributed by atoms with Gasteiger partial charge in [-0.15, -0.1) is 0 Å². The van der Waals surface area contributed by atoms with Gasteiger partial charge in [0.1, 0.15) is 30.2 Å². The number of aryl methyl sites for hydroxylation is 2. The third-order valence-corrected chi connectivity index (χ3v) is 10.9. The van der Waals surface area contributed by atoms with Crippen molar-refractivity contribution in [1.29, 1.82) is 5.26 Å². The van der Waals surface area contributed by atoms with E-state index >= 15 is 4.39 Å². The van der Waals surface area contributed by atoms with Crippen molar-refractivity contribution in [3.8, 4) is 23.2 Å². The molecule has 5 heterocycles. The smallest absolute Gasteiger partial charge is 0.417 e. The predicted molar refractivity (Wildman–Crippen MR) is 184 cm³/mol. The number of hydrogen-bond acceptors (Lipinski definition) is 9.